The first-order chi connectivity index (χ1) is 9.42. The third kappa shape index (κ3) is 3.54. The Hall–Kier alpha value is -1.95. The zero-order chi connectivity index (χ0) is 15.3. The summed E-state index contributed by atoms with van der Waals surface area (Å²) in [5, 5.41) is 2.95. The van der Waals surface area contributed by atoms with Crippen LogP contribution < -0.4 is 5.32 Å². The van der Waals surface area contributed by atoms with Gasteiger partial charge in [0.05, 0.1) is 17.0 Å². The molecule has 20 heavy (non-hydrogen) atoms. The average Bonchev–Trinajstić information content (AvgIpc) is 2.66. The highest BCUT2D eigenvalue weighted by molar-refractivity contribution is 7.18. The first-order valence-corrected chi connectivity index (χ1v) is 6.99. The maximum absolute atomic E-state index is 12.0. The lowest BCUT2D eigenvalue weighted by Gasteiger charge is -2.05. The molecule has 0 saturated heterocycles. The van der Waals surface area contributed by atoms with Gasteiger partial charge in [-0.05, 0) is 39.3 Å². The van der Waals surface area contributed by atoms with Crippen molar-refractivity contribution in [2.45, 2.75) is 27.7 Å². The smallest absolute Gasteiger partial charge is 0.341 e. The number of amides is 1. The predicted octanol–water partition coefficient (Wildman–Crippen LogP) is 2.95. The zero-order valence-corrected chi connectivity index (χ0v) is 12.7. The van der Waals surface area contributed by atoms with E-state index >= 15 is 0 Å². The Bertz CT molecular complexity index is 572. The summed E-state index contributed by atoms with van der Waals surface area (Å²) in [6.45, 7) is 6.73. The van der Waals surface area contributed by atoms with Crippen molar-refractivity contribution >= 4 is 34.0 Å². The molecule has 6 heteroatoms. The van der Waals surface area contributed by atoms with Crippen LogP contribution in [0.3, 0.4) is 0 Å². The van der Waals surface area contributed by atoms with Crippen LogP contribution in [0.5, 0.6) is 0 Å². The van der Waals surface area contributed by atoms with Crippen molar-refractivity contribution < 1.29 is 19.1 Å². The van der Waals surface area contributed by atoms with Crippen LogP contribution in [-0.2, 0) is 9.53 Å². The van der Waals surface area contributed by atoms with E-state index in [1.54, 1.807) is 26.8 Å². The van der Waals surface area contributed by atoms with Crippen LogP contribution >= 0.6 is 11.3 Å². The van der Waals surface area contributed by atoms with Crippen molar-refractivity contribution in [2.24, 2.45) is 0 Å². The van der Waals surface area contributed by atoms with E-state index < -0.39 is 5.97 Å². The Morgan fingerprint density at radius 1 is 1.35 bits per heavy atom. The highest BCUT2D eigenvalue weighted by Crippen LogP contribution is 2.34. The molecular weight excluding hydrogens is 278 g/mol. The van der Waals surface area contributed by atoms with Crippen molar-refractivity contribution in [3.8, 4) is 0 Å². The fourth-order valence-corrected chi connectivity index (χ4v) is 2.78. The van der Waals surface area contributed by atoms with Gasteiger partial charge in [-0.3, -0.25) is 9.59 Å². The Morgan fingerprint density at radius 3 is 2.50 bits per heavy atom. The second-order valence-electron chi connectivity index (χ2n) is 4.03. The number of ketones is 1. The van der Waals surface area contributed by atoms with Crippen LogP contribution in [0.4, 0.5) is 5.00 Å². The van der Waals surface area contributed by atoms with E-state index in [4.69, 9.17) is 4.74 Å². The molecule has 0 radical (unpaired) electrons. The number of ether oxygens (including phenoxy) is 1. The van der Waals surface area contributed by atoms with Crippen LogP contribution in [0.15, 0.2) is 12.2 Å². The molecule has 1 N–H and O–H groups in total. The first kappa shape index (κ1) is 16.1. The number of hydrogen-bond acceptors (Lipinski definition) is 5. The van der Waals surface area contributed by atoms with Crippen molar-refractivity contribution in [2.75, 3.05) is 11.9 Å². The zero-order valence-electron chi connectivity index (χ0n) is 11.9. The number of carbonyl (C=O) groups excluding carboxylic acids is 3. The highest BCUT2D eigenvalue weighted by Gasteiger charge is 2.24. The summed E-state index contributed by atoms with van der Waals surface area (Å²) in [5.74, 6) is -1.04. The molecule has 1 rings (SSSR count). The van der Waals surface area contributed by atoms with Gasteiger partial charge in [-0.15, -0.1) is 11.3 Å². The maximum atomic E-state index is 12.0. The summed E-state index contributed by atoms with van der Waals surface area (Å²) in [4.78, 5) is 35.6. The quantitative estimate of drug-likeness (QED) is 0.515. The summed E-state index contributed by atoms with van der Waals surface area (Å²) >= 11 is 1.09. The molecule has 1 heterocycles. The van der Waals surface area contributed by atoms with Crippen molar-refractivity contribution in [3.05, 3.63) is 28.2 Å². The van der Waals surface area contributed by atoms with E-state index in [-0.39, 0.29) is 23.9 Å². The van der Waals surface area contributed by atoms with Gasteiger partial charge in [0.2, 0.25) is 5.91 Å². The molecule has 0 aliphatic rings. The van der Waals surface area contributed by atoms with Crippen LogP contribution in [0.1, 0.15) is 46.4 Å². The molecule has 0 atom stereocenters. The normalized spacial score (nSPS) is 10.6. The van der Waals surface area contributed by atoms with Crippen LogP contribution in [-0.4, -0.2) is 24.3 Å². The fraction of sp³-hybridized carbons (Fsp3) is 0.357. The Labute approximate surface area is 121 Å². The van der Waals surface area contributed by atoms with Gasteiger partial charge in [-0.2, -0.15) is 0 Å². The van der Waals surface area contributed by atoms with Crippen molar-refractivity contribution in [1.29, 1.82) is 0 Å². The summed E-state index contributed by atoms with van der Waals surface area (Å²) in [5.41, 5.74) is 0.789. The van der Waals surface area contributed by atoms with Gasteiger partial charge in [0.15, 0.2) is 5.78 Å². The monoisotopic (exact) mass is 295 g/mol. The number of anilines is 1. The molecule has 0 unspecified atom stereocenters. The van der Waals surface area contributed by atoms with Gasteiger partial charge in [0.1, 0.15) is 5.00 Å². The highest BCUT2D eigenvalue weighted by atomic mass is 32.1. The second-order valence-corrected chi connectivity index (χ2v) is 5.05. The van der Waals surface area contributed by atoms with Crippen LogP contribution in [0, 0.1) is 6.92 Å². The number of hydrogen-bond donors (Lipinski definition) is 1. The van der Waals surface area contributed by atoms with E-state index in [1.807, 2.05) is 0 Å². The largest absolute Gasteiger partial charge is 0.462 e. The lowest BCUT2D eigenvalue weighted by atomic mass is 10.1. The van der Waals surface area contributed by atoms with Gasteiger partial charge in [0.25, 0.3) is 0 Å². The molecule has 1 aromatic heterocycles. The first-order valence-electron chi connectivity index (χ1n) is 6.17. The Kier molecular flexibility index (Phi) is 5.64. The minimum Gasteiger partial charge on any atom is -0.462 e. The van der Waals surface area contributed by atoms with Gasteiger partial charge in [-0.1, -0.05) is 6.08 Å². The molecule has 1 amide bonds. The summed E-state index contributed by atoms with van der Waals surface area (Å²) in [6, 6.07) is 0. The van der Waals surface area contributed by atoms with Crippen molar-refractivity contribution in [3.63, 3.8) is 0 Å². The fourth-order valence-electron chi connectivity index (χ4n) is 1.69. The van der Waals surface area contributed by atoms with E-state index in [0.29, 0.717) is 15.4 Å². The molecule has 0 bridgehead atoms. The molecule has 0 aliphatic heterocycles. The Morgan fingerprint density at radius 2 is 2.00 bits per heavy atom. The Balaban J connectivity index is 3.26. The predicted molar refractivity (Wildman–Crippen MR) is 78.5 cm³/mol. The SMILES string of the molecule is C/C=C/C(=O)Nc1sc(C(C)=O)c(C)c1C(=O)OCC. The number of carbonyl (C=O) groups is 3. The molecule has 1 aromatic rings. The minimum absolute atomic E-state index is 0.149. The van der Waals surface area contributed by atoms with Crippen molar-refractivity contribution in [1.82, 2.24) is 0 Å². The third-order valence-corrected chi connectivity index (χ3v) is 3.81. The number of thiophene rings is 1. The summed E-state index contributed by atoms with van der Waals surface area (Å²) in [6.07, 6.45) is 2.93. The number of Topliss-reactive ketones (excluding diaryl/α,β-unsaturated/α-hetero) is 1. The number of nitrogens with one attached hydrogen (secondary N) is 1. The number of esters is 1. The summed E-state index contributed by atoms with van der Waals surface area (Å²) < 4.78 is 4.97. The average molecular weight is 295 g/mol. The van der Waals surface area contributed by atoms with Gasteiger partial charge in [0, 0.05) is 0 Å². The molecule has 0 spiro atoms. The van der Waals surface area contributed by atoms with Crippen LogP contribution in [0.2, 0.25) is 0 Å². The molecule has 0 fully saturated rings. The molecular formula is C14H17NO4S. The molecule has 5 nitrogen and oxygen atoms in total. The van der Waals surface area contributed by atoms with Crippen LogP contribution in [0.25, 0.3) is 0 Å². The standard InChI is InChI=1S/C14H17NO4S/c1-5-7-10(17)15-13-11(14(18)19-6-2)8(3)12(20-13)9(4)16/h5,7H,6H2,1-4H3,(H,15,17)/b7-5+. The molecule has 0 aromatic carbocycles. The molecule has 0 saturated carbocycles. The lowest BCUT2D eigenvalue weighted by Crippen LogP contribution is -2.12. The van der Waals surface area contributed by atoms with E-state index in [0.717, 1.165) is 11.3 Å². The van der Waals surface area contributed by atoms with E-state index in [2.05, 4.69) is 5.32 Å². The lowest BCUT2D eigenvalue weighted by molar-refractivity contribution is -0.111. The second kappa shape index (κ2) is 7.00. The summed E-state index contributed by atoms with van der Waals surface area (Å²) in [7, 11) is 0. The van der Waals surface area contributed by atoms with Gasteiger partial charge >= 0.3 is 5.97 Å². The van der Waals surface area contributed by atoms with Gasteiger partial charge in [-0.25, -0.2) is 4.79 Å². The molecule has 0 aliphatic carbocycles. The number of allylic oxidation sites excluding steroid dienone is 1. The van der Waals surface area contributed by atoms with Gasteiger partial charge < -0.3 is 10.1 Å². The van der Waals surface area contributed by atoms with E-state index in [9.17, 15) is 14.4 Å². The minimum atomic E-state index is -0.537. The number of rotatable bonds is 5. The third-order valence-electron chi connectivity index (χ3n) is 2.50. The maximum Gasteiger partial charge on any atom is 0.341 e. The molecule has 108 valence electrons. The van der Waals surface area contributed by atoms with E-state index in [1.165, 1.54) is 13.0 Å². The topological polar surface area (TPSA) is 72.5 Å².